The topological polar surface area (TPSA) is 138 Å². The van der Waals surface area contributed by atoms with Crippen molar-refractivity contribution in [1.82, 2.24) is 29.8 Å². The molecule has 1 aromatic carbocycles. The van der Waals surface area contributed by atoms with Crippen molar-refractivity contribution in [2.45, 2.75) is 50.5 Å². The largest absolute Gasteiger partial charge is 0.494 e. The smallest absolute Gasteiger partial charge is 0.271 e. The predicted molar refractivity (Wildman–Crippen MR) is 153 cm³/mol. The molecule has 1 amide bonds. The Hall–Kier alpha value is -3.98. The number of aryl methyl sites for hydroxylation is 2. The van der Waals surface area contributed by atoms with Gasteiger partial charge in [0, 0.05) is 37.5 Å². The van der Waals surface area contributed by atoms with Crippen LogP contribution >= 0.6 is 7.92 Å². The maximum Gasteiger partial charge on any atom is 0.271 e. The van der Waals surface area contributed by atoms with E-state index in [9.17, 15) is 4.79 Å². The highest BCUT2D eigenvalue weighted by atomic mass is 31.1. The minimum Gasteiger partial charge on any atom is -0.494 e. The van der Waals surface area contributed by atoms with Gasteiger partial charge in [0.1, 0.15) is 0 Å². The number of carbonyl (C=O) groups is 1. The van der Waals surface area contributed by atoms with E-state index in [0.29, 0.717) is 28.8 Å². The van der Waals surface area contributed by atoms with Gasteiger partial charge >= 0.3 is 0 Å². The Morgan fingerprint density at radius 3 is 2.46 bits per heavy atom. The molecule has 0 saturated heterocycles. The monoisotopic (exact) mass is 545 g/mol. The van der Waals surface area contributed by atoms with Gasteiger partial charge in [-0.15, -0.1) is 10.2 Å². The average molecular weight is 546 g/mol. The molecule has 0 unspecified atom stereocenters. The van der Waals surface area contributed by atoms with Gasteiger partial charge in [-0.1, -0.05) is 6.07 Å². The van der Waals surface area contributed by atoms with Crippen molar-refractivity contribution in [2.24, 2.45) is 12.8 Å². The standard InChI is InChI=1S/C27H32N9O2P/c1-4-36-13-12-22(34-36)30-23-14-21(25(27(28)37)32-31-23)29-19-7-5-6-18(26(19)38-3)20-15-24(35(2)33-20)39(16-8-9-16)17-10-11-17/h5-7,12-17H,4,8-11H2,1-3H3,(H2,28,37)(H2,29,30,31,34). The van der Waals surface area contributed by atoms with Crippen LogP contribution in [0.15, 0.2) is 42.6 Å². The van der Waals surface area contributed by atoms with E-state index in [2.05, 4.69) is 36.7 Å². The van der Waals surface area contributed by atoms with E-state index in [-0.39, 0.29) is 13.6 Å². The number of primary amides is 1. The minimum absolute atomic E-state index is 0.0201. The molecular weight excluding hydrogens is 513 g/mol. The number of benzene rings is 1. The lowest BCUT2D eigenvalue weighted by atomic mass is 10.1. The molecule has 12 heteroatoms. The van der Waals surface area contributed by atoms with Gasteiger partial charge in [-0.25, -0.2) is 0 Å². The van der Waals surface area contributed by atoms with E-state index >= 15 is 0 Å². The van der Waals surface area contributed by atoms with Crippen molar-refractivity contribution in [2.75, 3.05) is 17.7 Å². The van der Waals surface area contributed by atoms with Gasteiger partial charge in [0.2, 0.25) is 0 Å². The molecule has 0 spiro atoms. The van der Waals surface area contributed by atoms with E-state index in [0.717, 1.165) is 29.1 Å². The summed E-state index contributed by atoms with van der Waals surface area (Å²) in [5, 5.41) is 23.9. The minimum atomic E-state index is -0.690. The number of nitrogens with one attached hydrogen (secondary N) is 2. The number of hydrogen-bond acceptors (Lipinski definition) is 8. The zero-order valence-electron chi connectivity index (χ0n) is 22.3. The van der Waals surface area contributed by atoms with Crippen LogP contribution in [0.25, 0.3) is 11.3 Å². The summed E-state index contributed by atoms with van der Waals surface area (Å²) in [6, 6.07) is 11.6. The normalized spacial score (nSPS) is 15.0. The molecule has 0 aliphatic heterocycles. The van der Waals surface area contributed by atoms with Crippen molar-refractivity contribution < 1.29 is 9.53 Å². The fraction of sp³-hybridized carbons (Fsp3) is 0.370. The second kappa shape index (κ2) is 10.3. The number of nitrogens with zero attached hydrogens (tertiary/aromatic N) is 6. The summed E-state index contributed by atoms with van der Waals surface area (Å²) in [7, 11) is 3.50. The highest BCUT2D eigenvalue weighted by molar-refractivity contribution is 7.67. The Balaban J connectivity index is 1.33. The van der Waals surface area contributed by atoms with Crippen LogP contribution in [-0.4, -0.2) is 54.1 Å². The third kappa shape index (κ3) is 5.18. The zero-order valence-corrected chi connectivity index (χ0v) is 23.2. The lowest BCUT2D eigenvalue weighted by Gasteiger charge is -2.16. The van der Waals surface area contributed by atoms with Gasteiger partial charge in [-0.2, -0.15) is 10.2 Å². The maximum atomic E-state index is 12.2. The molecular formula is C27H32N9O2P. The Labute approximate surface area is 227 Å². The number of nitrogens with two attached hydrogens (primary N) is 1. The van der Waals surface area contributed by atoms with E-state index in [1.54, 1.807) is 17.9 Å². The molecule has 0 radical (unpaired) electrons. The number of aromatic nitrogens is 6. The summed E-state index contributed by atoms with van der Waals surface area (Å²) in [6.45, 7) is 2.75. The second-order valence-corrected chi connectivity index (χ2v) is 12.7. The van der Waals surface area contributed by atoms with Crippen molar-refractivity contribution >= 4 is 42.3 Å². The molecule has 2 aliphatic carbocycles. The van der Waals surface area contributed by atoms with Gasteiger partial charge < -0.3 is 21.1 Å². The number of carbonyl (C=O) groups excluding carboxylic acids is 1. The van der Waals surface area contributed by atoms with Crippen LogP contribution in [0, 0.1) is 0 Å². The highest BCUT2D eigenvalue weighted by Gasteiger charge is 2.43. The molecule has 3 aromatic heterocycles. The zero-order chi connectivity index (χ0) is 27.1. The molecule has 2 saturated carbocycles. The number of amides is 1. The molecule has 6 rings (SSSR count). The van der Waals surface area contributed by atoms with Crippen molar-refractivity contribution in [3.63, 3.8) is 0 Å². The van der Waals surface area contributed by atoms with Crippen molar-refractivity contribution in [3.05, 3.63) is 48.3 Å². The van der Waals surface area contributed by atoms with Crippen LogP contribution < -0.4 is 26.5 Å². The number of rotatable bonds is 11. The SMILES string of the molecule is CCn1ccc(Nc2cc(Nc3cccc(-c4cc(P(C5CC5)C5CC5)n(C)n4)c3OC)c(C(N)=O)nn2)n1. The van der Waals surface area contributed by atoms with Crippen LogP contribution in [0.2, 0.25) is 0 Å². The maximum absolute atomic E-state index is 12.2. The average Bonchev–Trinajstić information content (AvgIpc) is 3.86. The van der Waals surface area contributed by atoms with Gasteiger partial charge in [-0.05, 0) is 70.0 Å². The second-order valence-electron chi connectivity index (χ2n) is 9.93. The van der Waals surface area contributed by atoms with E-state index in [4.69, 9.17) is 15.6 Å². The molecule has 11 nitrogen and oxygen atoms in total. The first-order valence-corrected chi connectivity index (χ1v) is 14.7. The summed E-state index contributed by atoms with van der Waals surface area (Å²) in [4.78, 5) is 12.2. The summed E-state index contributed by atoms with van der Waals surface area (Å²) in [5.74, 6) is 0.964. The van der Waals surface area contributed by atoms with Gasteiger partial charge in [0.15, 0.2) is 23.1 Å². The molecule has 4 aromatic rings. The van der Waals surface area contributed by atoms with Crippen molar-refractivity contribution in [1.29, 1.82) is 0 Å². The molecule has 2 aliphatic rings. The predicted octanol–water partition coefficient (Wildman–Crippen LogP) is 4.12. The Bertz CT molecular complexity index is 1510. The fourth-order valence-electron chi connectivity index (χ4n) is 4.88. The Morgan fingerprint density at radius 1 is 1.05 bits per heavy atom. The molecule has 3 heterocycles. The first kappa shape index (κ1) is 25.3. The molecule has 4 N–H and O–H groups in total. The summed E-state index contributed by atoms with van der Waals surface area (Å²) in [6.07, 6.45) is 7.22. The summed E-state index contributed by atoms with van der Waals surface area (Å²) in [5.41, 5.74) is 11.5. The molecule has 39 heavy (non-hydrogen) atoms. The van der Waals surface area contributed by atoms with Crippen LogP contribution in [0.1, 0.15) is 43.1 Å². The van der Waals surface area contributed by atoms with Crippen LogP contribution in [0.4, 0.5) is 23.0 Å². The summed E-state index contributed by atoms with van der Waals surface area (Å²) >= 11 is 0. The third-order valence-electron chi connectivity index (χ3n) is 7.01. The van der Waals surface area contributed by atoms with E-state index in [1.807, 2.05) is 44.4 Å². The number of hydrogen-bond donors (Lipinski definition) is 3. The molecule has 0 bridgehead atoms. The molecule has 0 atom stereocenters. The summed E-state index contributed by atoms with van der Waals surface area (Å²) < 4.78 is 9.75. The number of ether oxygens (including phenoxy) is 1. The molecule has 2 fully saturated rings. The van der Waals surface area contributed by atoms with Gasteiger partial charge in [0.05, 0.1) is 29.6 Å². The first-order chi connectivity index (χ1) is 18.9. The van der Waals surface area contributed by atoms with E-state index < -0.39 is 5.91 Å². The molecule has 202 valence electrons. The quantitative estimate of drug-likeness (QED) is 0.239. The van der Waals surface area contributed by atoms with Crippen LogP contribution in [-0.2, 0) is 13.6 Å². The number of methoxy groups -OCH3 is 1. The lowest BCUT2D eigenvalue weighted by molar-refractivity contribution is 0.0995. The van der Waals surface area contributed by atoms with Gasteiger partial charge in [-0.3, -0.25) is 14.2 Å². The third-order valence-corrected chi connectivity index (χ3v) is 10.6. The first-order valence-electron chi connectivity index (χ1n) is 13.2. The fourth-order valence-corrected chi connectivity index (χ4v) is 8.28. The number of para-hydroxylation sites is 1. The highest BCUT2D eigenvalue weighted by Crippen LogP contribution is 2.63. The van der Waals surface area contributed by atoms with Crippen molar-refractivity contribution in [3.8, 4) is 17.0 Å². The van der Waals surface area contributed by atoms with Crippen LogP contribution in [0.5, 0.6) is 5.75 Å². The lowest BCUT2D eigenvalue weighted by Crippen LogP contribution is -2.17. The number of anilines is 4. The van der Waals surface area contributed by atoms with Crippen LogP contribution in [0.3, 0.4) is 0 Å². The van der Waals surface area contributed by atoms with E-state index in [1.165, 1.54) is 31.1 Å². The Kier molecular flexibility index (Phi) is 6.68. The van der Waals surface area contributed by atoms with Gasteiger partial charge in [0.25, 0.3) is 5.91 Å². The Morgan fingerprint density at radius 2 is 1.82 bits per heavy atom.